The lowest BCUT2D eigenvalue weighted by Crippen LogP contribution is -2.41. The first-order chi connectivity index (χ1) is 12.2. The maximum atomic E-state index is 11.3. The first kappa shape index (κ1) is 19.1. The second-order valence-corrected chi connectivity index (χ2v) is 8.36. The molecule has 26 heavy (non-hydrogen) atoms. The third-order valence-corrected chi connectivity index (χ3v) is 5.70. The van der Waals surface area contributed by atoms with Gasteiger partial charge < -0.3 is 19.6 Å². The molecule has 0 spiro atoms. The van der Waals surface area contributed by atoms with Crippen LogP contribution in [0.2, 0.25) is 0 Å². The number of nitrogens with one attached hydrogen (secondary N) is 2. The molecule has 3 rings (SSSR count). The quantitative estimate of drug-likeness (QED) is 0.791. The van der Waals surface area contributed by atoms with Crippen molar-refractivity contribution in [2.75, 3.05) is 13.6 Å². The van der Waals surface area contributed by atoms with Crippen molar-refractivity contribution in [3.8, 4) is 11.3 Å². The molecule has 1 aliphatic rings. The van der Waals surface area contributed by atoms with E-state index in [4.69, 9.17) is 9.31 Å². The molecule has 5 nitrogen and oxygen atoms in total. The molecule has 0 radical (unpaired) electrons. The van der Waals surface area contributed by atoms with E-state index >= 15 is 0 Å². The summed E-state index contributed by atoms with van der Waals surface area (Å²) in [6, 6.07) is 8.08. The van der Waals surface area contributed by atoms with Crippen molar-refractivity contribution < 1.29 is 9.31 Å². The Hall–Kier alpha value is -1.67. The minimum absolute atomic E-state index is 0.0407. The average Bonchev–Trinajstić information content (AvgIpc) is 3.08. The molecule has 1 aromatic carbocycles. The van der Waals surface area contributed by atoms with Crippen LogP contribution in [0.5, 0.6) is 0 Å². The standard InChI is InChI=1S/C19H25BN2O3S/c1-18(2)19(3,4)25-20(24-18)15(11-21-5)10-13-6-8-14(9-7-13)16-12-26-17(23)22-16/h6-10,12,21H,11H2,1-5H3,(H,22,23). The Morgan fingerprint density at radius 1 is 1.19 bits per heavy atom. The molecule has 2 N–H and O–H groups in total. The van der Waals surface area contributed by atoms with Crippen LogP contribution in [-0.2, 0) is 9.31 Å². The van der Waals surface area contributed by atoms with E-state index in [-0.39, 0.29) is 23.2 Å². The lowest BCUT2D eigenvalue weighted by molar-refractivity contribution is 0.00578. The van der Waals surface area contributed by atoms with Crippen LogP contribution in [0, 0.1) is 0 Å². The molecule has 138 valence electrons. The van der Waals surface area contributed by atoms with Crippen molar-refractivity contribution in [2.24, 2.45) is 0 Å². The van der Waals surface area contributed by atoms with E-state index in [0.29, 0.717) is 6.54 Å². The first-order valence-electron chi connectivity index (χ1n) is 8.71. The maximum absolute atomic E-state index is 11.3. The molecule has 7 heteroatoms. The van der Waals surface area contributed by atoms with E-state index < -0.39 is 0 Å². The highest BCUT2D eigenvalue weighted by Gasteiger charge is 2.52. The Morgan fingerprint density at radius 3 is 2.31 bits per heavy atom. The molecule has 1 fully saturated rings. The fourth-order valence-electron chi connectivity index (χ4n) is 2.80. The fourth-order valence-corrected chi connectivity index (χ4v) is 3.38. The summed E-state index contributed by atoms with van der Waals surface area (Å²) in [6.45, 7) is 8.90. The van der Waals surface area contributed by atoms with Crippen LogP contribution < -0.4 is 10.2 Å². The predicted molar refractivity (Wildman–Crippen MR) is 108 cm³/mol. The molecule has 1 saturated heterocycles. The molecule has 0 unspecified atom stereocenters. The molecule has 0 bridgehead atoms. The molecule has 0 amide bonds. The van der Waals surface area contributed by atoms with Gasteiger partial charge in [0.2, 0.25) is 0 Å². The highest BCUT2D eigenvalue weighted by Crippen LogP contribution is 2.38. The van der Waals surface area contributed by atoms with Crippen molar-refractivity contribution >= 4 is 24.5 Å². The van der Waals surface area contributed by atoms with Crippen molar-refractivity contribution in [3.05, 3.63) is 50.3 Å². The molecule has 0 aliphatic carbocycles. The monoisotopic (exact) mass is 372 g/mol. The number of rotatable bonds is 5. The Bertz CT molecular complexity index is 836. The van der Waals surface area contributed by atoms with Gasteiger partial charge in [0.1, 0.15) is 0 Å². The largest absolute Gasteiger partial charge is 0.491 e. The van der Waals surface area contributed by atoms with Gasteiger partial charge in [0.25, 0.3) is 0 Å². The van der Waals surface area contributed by atoms with Gasteiger partial charge in [-0.25, -0.2) is 0 Å². The Labute approximate surface area is 158 Å². The lowest BCUT2D eigenvalue weighted by atomic mass is 9.77. The van der Waals surface area contributed by atoms with Crippen LogP contribution in [0.1, 0.15) is 33.3 Å². The summed E-state index contributed by atoms with van der Waals surface area (Å²) >= 11 is 1.17. The number of hydrogen-bond acceptors (Lipinski definition) is 5. The van der Waals surface area contributed by atoms with Gasteiger partial charge in [-0.1, -0.05) is 41.7 Å². The molecule has 1 aromatic heterocycles. The topological polar surface area (TPSA) is 63.4 Å². The molecular formula is C19H25BN2O3S. The van der Waals surface area contributed by atoms with E-state index in [2.05, 4.69) is 44.1 Å². The van der Waals surface area contributed by atoms with Crippen LogP contribution in [-0.4, -0.2) is 36.9 Å². The van der Waals surface area contributed by atoms with Gasteiger partial charge in [-0.3, -0.25) is 4.79 Å². The van der Waals surface area contributed by atoms with Gasteiger partial charge in [0, 0.05) is 11.9 Å². The summed E-state index contributed by atoms with van der Waals surface area (Å²) in [5.41, 5.74) is 3.22. The van der Waals surface area contributed by atoms with Crippen molar-refractivity contribution in [1.82, 2.24) is 10.3 Å². The minimum atomic E-state index is -0.375. The van der Waals surface area contributed by atoms with Crippen LogP contribution in [0.3, 0.4) is 0 Å². The van der Waals surface area contributed by atoms with E-state index in [1.54, 1.807) is 0 Å². The maximum Gasteiger partial charge on any atom is 0.491 e. The van der Waals surface area contributed by atoms with Gasteiger partial charge in [-0.2, -0.15) is 0 Å². The van der Waals surface area contributed by atoms with E-state index in [1.807, 2.05) is 36.7 Å². The summed E-state index contributed by atoms with van der Waals surface area (Å²) in [5.74, 6) is 0. The van der Waals surface area contributed by atoms with Crippen LogP contribution >= 0.6 is 11.3 Å². The molecular weight excluding hydrogens is 347 g/mol. The molecule has 0 atom stereocenters. The average molecular weight is 372 g/mol. The number of thiazole rings is 1. The zero-order chi connectivity index (χ0) is 18.9. The van der Waals surface area contributed by atoms with Gasteiger partial charge >= 0.3 is 12.0 Å². The Morgan fingerprint density at radius 2 is 1.81 bits per heavy atom. The van der Waals surface area contributed by atoms with Gasteiger partial charge in [-0.05, 0) is 51.3 Å². The van der Waals surface area contributed by atoms with Crippen LogP contribution in [0.25, 0.3) is 17.3 Å². The zero-order valence-corrected chi connectivity index (χ0v) is 16.7. The number of benzene rings is 1. The molecule has 2 aromatic rings. The smallest absolute Gasteiger partial charge is 0.400 e. The third kappa shape index (κ3) is 3.86. The molecule has 0 saturated carbocycles. The summed E-state index contributed by atoms with van der Waals surface area (Å²) in [5, 5.41) is 5.03. The molecule has 1 aliphatic heterocycles. The number of hydrogen-bond donors (Lipinski definition) is 2. The lowest BCUT2D eigenvalue weighted by Gasteiger charge is -2.32. The van der Waals surface area contributed by atoms with Crippen molar-refractivity contribution in [3.63, 3.8) is 0 Å². The summed E-state index contributed by atoms with van der Waals surface area (Å²) in [6.07, 6.45) is 2.10. The van der Waals surface area contributed by atoms with Gasteiger partial charge in [0.15, 0.2) is 0 Å². The van der Waals surface area contributed by atoms with E-state index in [9.17, 15) is 4.79 Å². The van der Waals surface area contributed by atoms with Gasteiger partial charge in [-0.15, -0.1) is 0 Å². The minimum Gasteiger partial charge on any atom is -0.400 e. The predicted octanol–water partition coefficient (Wildman–Crippen LogP) is 3.34. The number of H-pyrrole nitrogens is 1. The number of aromatic nitrogens is 1. The Kier molecular flexibility index (Phi) is 5.26. The van der Waals surface area contributed by atoms with E-state index in [0.717, 1.165) is 22.3 Å². The van der Waals surface area contributed by atoms with Crippen LogP contribution in [0.4, 0.5) is 0 Å². The van der Waals surface area contributed by atoms with Gasteiger partial charge in [0.05, 0.1) is 16.9 Å². The van der Waals surface area contributed by atoms with Crippen molar-refractivity contribution in [1.29, 1.82) is 0 Å². The van der Waals surface area contributed by atoms with Crippen molar-refractivity contribution in [2.45, 2.75) is 38.9 Å². The van der Waals surface area contributed by atoms with Crippen LogP contribution in [0.15, 0.2) is 39.9 Å². The summed E-state index contributed by atoms with van der Waals surface area (Å²) < 4.78 is 12.4. The molecule has 2 heterocycles. The zero-order valence-electron chi connectivity index (χ0n) is 15.9. The first-order valence-corrected chi connectivity index (χ1v) is 9.59. The summed E-state index contributed by atoms with van der Waals surface area (Å²) in [7, 11) is 1.54. The SMILES string of the molecule is CNCC(=Cc1ccc(-c2csc(=O)[nH]2)cc1)B1OC(C)(C)C(C)(C)O1. The normalized spacial score (nSPS) is 19.1. The summed E-state index contributed by atoms with van der Waals surface area (Å²) in [4.78, 5) is 14.1. The highest BCUT2D eigenvalue weighted by atomic mass is 32.1. The Balaban J connectivity index is 1.84. The second kappa shape index (κ2) is 7.16. The number of likely N-dealkylation sites (N-methyl/N-ethyl adjacent to an activating group) is 1. The van der Waals surface area contributed by atoms with E-state index in [1.165, 1.54) is 11.3 Å². The highest BCUT2D eigenvalue weighted by molar-refractivity contribution is 7.07. The fraction of sp³-hybridized carbons (Fsp3) is 0.421. The second-order valence-electron chi connectivity index (χ2n) is 7.52. The number of aromatic amines is 1. The third-order valence-electron chi connectivity index (χ3n) is 5.03.